The van der Waals surface area contributed by atoms with Gasteiger partial charge in [-0.15, -0.1) is 0 Å². The normalized spacial score (nSPS) is 13.8. The maximum Gasteiger partial charge on any atom is 0.255 e. The molecular weight excluding hydrogens is 374 g/mol. The number of hydrogen-bond donors (Lipinski definition) is 1. The third-order valence-corrected chi connectivity index (χ3v) is 5.39. The second kappa shape index (κ2) is 8.82. The second-order valence-corrected chi connectivity index (χ2v) is 7.48. The zero-order chi connectivity index (χ0) is 20.9. The van der Waals surface area contributed by atoms with E-state index in [1.54, 1.807) is 0 Å². The minimum Gasteiger partial charge on any atom is -0.366 e. The molecule has 1 N–H and O–H groups in total. The van der Waals surface area contributed by atoms with Crippen molar-refractivity contribution in [2.45, 2.75) is 6.92 Å². The highest BCUT2D eigenvalue weighted by Gasteiger charge is 2.23. The Bertz CT molecular complexity index is 1020. The fraction of sp³-hybridized carbons (Fsp3) is 0.200. The number of nitrogens with zero attached hydrogens (tertiary/aromatic N) is 2. The van der Waals surface area contributed by atoms with Crippen LogP contribution in [0.25, 0.3) is 0 Å². The number of rotatable bonds is 4. The van der Waals surface area contributed by atoms with E-state index >= 15 is 0 Å². The van der Waals surface area contributed by atoms with Gasteiger partial charge in [0.15, 0.2) is 0 Å². The van der Waals surface area contributed by atoms with Crippen molar-refractivity contribution in [1.82, 2.24) is 4.90 Å². The molecule has 2 amide bonds. The van der Waals surface area contributed by atoms with Gasteiger partial charge >= 0.3 is 0 Å². The molecule has 3 aromatic rings. The molecule has 0 spiro atoms. The molecule has 0 aromatic heterocycles. The smallest absolute Gasteiger partial charge is 0.255 e. The maximum absolute atomic E-state index is 12.7. The summed E-state index contributed by atoms with van der Waals surface area (Å²) in [5.41, 5.74) is 4.23. The van der Waals surface area contributed by atoms with Gasteiger partial charge in [-0.05, 0) is 43.3 Å². The quantitative estimate of drug-likeness (QED) is 0.715. The minimum absolute atomic E-state index is 0.0659. The van der Waals surface area contributed by atoms with Crippen molar-refractivity contribution in [2.75, 3.05) is 36.4 Å². The van der Waals surface area contributed by atoms with Gasteiger partial charge < -0.3 is 15.1 Å². The molecule has 3 aromatic carbocycles. The van der Waals surface area contributed by atoms with Crippen molar-refractivity contribution >= 4 is 23.2 Å². The zero-order valence-corrected chi connectivity index (χ0v) is 17.0. The summed E-state index contributed by atoms with van der Waals surface area (Å²) in [7, 11) is 0. The Hall–Kier alpha value is -3.60. The Kier molecular flexibility index (Phi) is 5.80. The molecular formula is C25H25N3O2. The molecule has 30 heavy (non-hydrogen) atoms. The van der Waals surface area contributed by atoms with E-state index in [0.717, 1.165) is 35.6 Å². The predicted molar refractivity (Wildman–Crippen MR) is 120 cm³/mol. The maximum atomic E-state index is 12.7. The number of para-hydroxylation sites is 2. The fourth-order valence-electron chi connectivity index (χ4n) is 3.67. The minimum atomic E-state index is -0.125. The third-order valence-electron chi connectivity index (χ3n) is 5.39. The molecule has 1 saturated heterocycles. The van der Waals surface area contributed by atoms with Crippen molar-refractivity contribution in [3.8, 4) is 0 Å². The van der Waals surface area contributed by atoms with Crippen LogP contribution in [-0.4, -0.2) is 42.9 Å². The molecule has 4 rings (SSSR count). The molecule has 0 radical (unpaired) electrons. The summed E-state index contributed by atoms with van der Waals surface area (Å²) in [6.07, 6.45) is 0. The highest BCUT2D eigenvalue weighted by Crippen LogP contribution is 2.27. The van der Waals surface area contributed by atoms with E-state index in [-0.39, 0.29) is 11.8 Å². The summed E-state index contributed by atoms with van der Waals surface area (Å²) in [6, 6.07) is 24.7. The average Bonchev–Trinajstić information content (AvgIpc) is 2.80. The first-order valence-electron chi connectivity index (χ1n) is 10.2. The Morgan fingerprint density at radius 3 is 2.07 bits per heavy atom. The lowest BCUT2D eigenvalue weighted by Crippen LogP contribution is -2.49. The van der Waals surface area contributed by atoms with Gasteiger partial charge in [0.1, 0.15) is 0 Å². The lowest BCUT2D eigenvalue weighted by molar-refractivity contribution is 0.0746. The summed E-state index contributed by atoms with van der Waals surface area (Å²) in [5, 5.41) is 3.04. The van der Waals surface area contributed by atoms with E-state index in [1.165, 1.54) is 0 Å². The highest BCUT2D eigenvalue weighted by atomic mass is 16.2. The molecule has 0 unspecified atom stereocenters. The predicted octanol–water partition coefficient (Wildman–Crippen LogP) is 4.21. The SMILES string of the molecule is Cc1ccc(C(=O)Nc2ccccc2N2CCN(C(=O)c3ccccc3)CC2)cc1. The van der Waals surface area contributed by atoms with Crippen molar-refractivity contribution in [1.29, 1.82) is 0 Å². The van der Waals surface area contributed by atoms with Crippen LogP contribution >= 0.6 is 0 Å². The molecule has 1 aliphatic rings. The zero-order valence-electron chi connectivity index (χ0n) is 17.0. The van der Waals surface area contributed by atoms with Crippen LogP contribution in [-0.2, 0) is 0 Å². The summed E-state index contributed by atoms with van der Waals surface area (Å²) in [6.45, 7) is 4.73. The van der Waals surface area contributed by atoms with E-state index in [9.17, 15) is 9.59 Å². The van der Waals surface area contributed by atoms with Gasteiger partial charge in [-0.2, -0.15) is 0 Å². The first-order valence-corrected chi connectivity index (χ1v) is 10.2. The van der Waals surface area contributed by atoms with Crippen molar-refractivity contribution < 1.29 is 9.59 Å². The van der Waals surface area contributed by atoms with Gasteiger partial charge in [0.2, 0.25) is 0 Å². The molecule has 1 heterocycles. The van der Waals surface area contributed by atoms with Crippen molar-refractivity contribution in [2.24, 2.45) is 0 Å². The lowest BCUT2D eigenvalue weighted by Gasteiger charge is -2.37. The number of amides is 2. The Morgan fingerprint density at radius 1 is 0.733 bits per heavy atom. The molecule has 5 heteroatoms. The number of anilines is 2. The number of benzene rings is 3. The van der Waals surface area contributed by atoms with Crippen LogP contribution in [0, 0.1) is 6.92 Å². The van der Waals surface area contributed by atoms with E-state index in [2.05, 4.69) is 10.2 Å². The number of carbonyl (C=O) groups is 2. The van der Waals surface area contributed by atoms with Gasteiger partial charge in [0.05, 0.1) is 11.4 Å². The number of hydrogen-bond acceptors (Lipinski definition) is 3. The Labute approximate surface area is 176 Å². The van der Waals surface area contributed by atoms with Crippen LogP contribution in [0.5, 0.6) is 0 Å². The number of piperazine rings is 1. The molecule has 1 fully saturated rings. The van der Waals surface area contributed by atoms with Crippen LogP contribution in [0.3, 0.4) is 0 Å². The lowest BCUT2D eigenvalue weighted by atomic mass is 10.1. The van der Waals surface area contributed by atoms with E-state index < -0.39 is 0 Å². The molecule has 5 nitrogen and oxygen atoms in total. The van der Waals surface area contributed by atoms with Gasteiger partial charge in [0.25, 0.3) is 11.8 Å². The van der Waals surface area contributed by atoms with Crippen LogP contribution < -0.4 is 10.2 Å². The topological polar surface area (TPSA) is 52.7 Å². The van der Waals surface area contributed by atoms with E-state index in [4.69, 9.17) is 0 Å². The van der Waals surface area contributed by atoms with Gasteiger partial charge in [-0.1, -0.05) is 48.0 Å². The molecule has 152 valence electrons. The van der Waals surface area contributed by atoms with E-state index in [0.29, 0.717) is 18.7 Å². The van der Waals surface area contributed by atoms with Crippen molar-refractivity contribution in [3.05, 3.63) is 95.6 Å². The van der Waals surface area contributed by atoms with Crippen molar-refractivity contribution in [3.63, 3.8) is 0 Å². The fourth-order valence-corrected chi connectivity index (χ4v) is 3.67. The average molecular weight is 399 g/mol. The summed E-state index contributed by atoms with van der Waals surface area (Å²) in [4.78, 5) is 29.5. The summed E-state index contributed by atoms with van der Waals surface area (Å²) < 4.78 is 0. The van der Waals surface area contributed by atoms with Gasteiger partial charge in [-0.3, -0.25) is 9.59 Å². The first kappa shape index (κ1) is 19.7. The Morgan fingerprint density at radius 2 is 1.37 bits per heavy atom. The van der Waals surface area contributed by atoms with Crippen LogP contribution in [0.15, 0.2) is 78.9 Å². The van der Waals surface area contributed by atoms with E-state index in [1.807, 2.05) is 90.7 Å². The van der Waals surface area contributed by atoms with Crippen LogP contribution in [0.4, 0.5) is 11.4 Å². The standard InChI is InChI=1S/C25H25N3O2/c1-19-11-13-20(14-12-19)24(29)26-22-9-5-6-10-23(22)27-15-17-28(18-16-27)25(30)21-7-3-2-4-8-21/h2-14H,15-18H2,1H3,(H,26,29). The molecule has 0 atom stereocenters. The second-order valence-electron chi connectivity index (χ2n) is 7.48. The molecule has 0 saturated carbocycles. The number of nitrogens with one attached hydrogen (secondary N) is 1. The largest absolute Gasteiger partial charge is 0.366 e. The van der Waals surface area contributed by atoms with Crippen LogP contribution in [0.2, 0.25) is 0 Å². The number of carbonyl (C=O) groups excluding carboxylic acids is 2. The number of aryl methyl sites for hydroxylation is 1. The van der Waals surface area contributed by atoms with Crippen LogP contribution in [0.1, 0.15) is 26.3 Å². The van der Waals surface area contributed by atoms with Gasteiger partial charge in [0, 0.05) is 37.3 Å². The third kappa shape index (κ3) is 4.35. The molecule has 1 aliphatic heterocycles. The monoisotopic (exact) mass is 399 g/mol. The van der Waals surface area contributed by atoms with Gasteiger partial charge in [-0.25, -0.2) is 0 Å². The summed E-state index contributed by atoms with van der Waals surface area (Å²) >= 11 is 0. The Balaban J connectivity index is 1.44. The summed E-state index contributed by atoms with van der Waals surface area (Å²) in [5.74, 6) is -0.0587. The first-order chi connectivity index (χ1) is 14.6. The molecule has 0 bridgehead atoms. The molecule has 0 aliphatic carbocycles. The highest BCUT2D eigenvalue weighted by molar-refractivity contribution is 6.06.